The lowest BCUT2D eigenvalue weighted by Gasteiger charge is -2.14. The molecule has 162 valence electrons. The highest BCUT2D eigenvalue weighted by atomic mass is 32.2. The summed E-state index contributed by atoms with van der Waals surface area (Å²) in [5, 5.41) is 7.63. The third kappa shape index (κ3) is 4.70. The lowest BCUT2D eigenvalue weighted by molar-refractivity contribution is 0.107. The van der Waals surface area contributed by atoms with Gasteiger partial charge in [-0.3, -0.25) is 14.1 Å². The highest BCUT2D eigenvalue weighted by molar-refractivity contribution is 7.85. The Labute approximate surface area is 176 Å². The average Bonchev–Trinajstić information content (AvgIpc) is 3.31. The van der Waals surface area contributed by atoms with Gasteiger partial charge in [0.2, 0.25) is 5.89 Å². The maximum Gasteiger partial charge on any atom is 0.414 e. The molecule has 0 radical (unpaired) electrons. The van der Waals surface area contributed by atoms with Crippen molar-refractivity contribution in [1.82, 2.24) is 15.2 Å². The molecule has 0 spiro atoms. The first-order valence-corrected chi connectivity index (χ1v) is 10.9. The number of hydrogen-bond acceptors (Lipinski definition) is 9. The predicted octanol–water partition coefficient (Wildman–Crippen LogP) is 2.55. The Bertz CT molecular complexity index is 1230. The second-order valence-electron chi connectivity index (χ2n) is 6.83. The standard InChI is InChI=1S/C19H17FN4O6S/c1-11-22-23-18(29-11)17-6-3-12(8-21-17)15-5-4-13(7-16(15)20)24-9-14(30-19(24)25)10-28-31(2,26)27/h3-8,14H,9-10H2,1-2H3/t14-/m1/s1. The number of ether oxygens (including phenoxy) is 1. The molecule has 0 N–H and O–H groups in total. The molecule has 1 aliphatic rings. The molecule has 3 heterocycles. The number of carbonyl (C=O) groups excluding carboxylic acids is 1. The summed E-state index contributed by atoms with van der Waals surface area (Å²) in [5.41, 5.74) is 1.55. The molecule has 1 saturated heterocycles. The molecule has 1 atom stereocenters. The summed E-state index contributed by atoms with van der Waals surface area (Å²) in [6.07, 6.45) is 0.889. The Morgan fingerprint density at radius 3 is 2.68 bits per heavy atom. The summed E-state index contributed by atoms with van der Waals surface area (Å²) in [5.74, 6) is 0.110. The van der Waals surface area contributed by atoms with Gasteiger partial charge in [0.25, 0.3) is 16.0 Å². The molecule has 31 heavy (non-hydrogen) atoms. The molecule has 0 unspecified atom stereocenters. The SMILES string of the molecule is Cc1nnc(-c2ccc(-c3ccc(N4C[C@H](COS(C)(=O)=O)OC4=O)cc3F)cn2)o1. The third-order valence-electron chi connectivity index (χ3n) is 4.43. The predicted molar refractivity (Wildman–Crippen MR) is 106 cm³/mol. The van der Waals surface area contributed by atoms with Gasteiger partial charge >= 0.3 is 6.09 Å². The van der Waals surface area contributed by atoms with Crippen LogP contribution < -0.4 is 4.90 Å². The van der Waals surface area contributed by atoms with Crippen LogP contribution in [0.5, 0.6) is 0 Å². The van der Waals surface area contributed by atoms with E-state index in [1.165, 1.54) is 23.2 Å². The Morgan fingerprint density at radius 2 is 2.06 bits per heavy atom. The summed E-state index contributed by atoms with van der Waals surface area (Å²) >= 11 is 0. The minimum absolute atomic E-state index is 0.0347. The fraction of sp³-hybridized carbons (Fsp3) is 0.263. The van der Waals surface area contributed by atoms with Gasteiger partial charge in [-0.1, -0.05) is 6.07 Å². The lowest BCUT2D eigenvalue weighted by atomic mass is 10.1. The van der Waals surface area contributed by atoms with Crippen LogP contribution in [0.2, 0.25) is 0 Å². The largest absolute Gasteiger partial charge is 0.441 e. The lowest BCUT2D eigenvalue weighted by Crippen LogP contribution is -2.26. The Hall–Kier alpha value is -3.38. The zero-order chi connectivity index (χ0) is 22.2. The maximum atomic E-state index is 14.8. The molecule has 10 nitrogen and oxygen atoms in total. The topological polar surface area (TPSA) is 125 Å². The van der Waals surface area contributed by atoms with Crippen LogP contribution in [-0.2, 0) is 19.0 Å². The van der Waals surface area contributed by atoms with Crippen LogP contribution in [0, 0.1) is 12.7 Å². The molecule has 0 aliphatic carbocycles. The second kappa shape index (κ2) is 8.04. The minimum Gasteiger partial charge on any atom is -0.441 e. The van der Waals surface area contributed by atoms with E-state index in [0.29, 0.717) is 17.1 Å². The fourth-order valence-corrected chi connectivity index (χ4v) is 3.40. The molecule has 0 saturated carbocycles. The number of amides is 1. The van der Waals surface area contributed by atoms with E-state index in [1.807, 2.05) is 0 Å². The number of halogens is 1. The van der Waals surface area contributed by atoms with E-state index in [0.717, 1.165) is 6.26 Å². The number of cyclic esters (lactones) is 1. The van der Waals surface area contributed by atoms with E-state index in [9.17, 15) is 17.6 Å². The smallest absolute Gasteiger partial charge is 0.414 e. The first kappa shape index (κ1) is 20.9. The van der Waals surface area contributed by atoms with Gasteiger partial charge in [0, 0.05) is 24.2 Å². The molecular formula is C19H17FN4O6S. The quantitative estimate of drug-likeness (QED) is 0.523. The molecule has 1 fully saturated rings. The van der Waals surface area contributed by atoms with Crippen molar-refractivity contribution in [1.29, 1.82) is 0 Å². The normalized spacial score (nSPS) is 16.5. The minimum atomic E-state index is -3.66. The van der Waals surface area contributed by atoms with Crippen molar-refractivity contribution < 1.29 is 30.9 Å². The van der Waals surface area contributed by atoms with Gasteiger partial charge in [-0.25, -0.2) is 9.18 Å². The van der Waals surface area contributed by atoms with Crippen molar-refractivity contribution in [2.75, 3.05) is 24.3 Å². The van der Waals surface area contributed by atoms with Gasteiger partial charge < -0.3 is 9.15 Å². The van der Waals surface area contributed by atoms with Gasteiger partial charge in [-0.2, -0.15) is 8.42 Å². The van der Waals surface area contributed by atoms with Gasteiger partial charge in [0.05, 0.1) is 18.5 Å². The zero-order valence-electron chi connectivity index (χ0n) is 16.5. The number of aromatic nitrogens is 3. The van der Waals surface area contributed by atoms with Crippen molar-refractivity contribution in [3.63, 3.8) is 0 Å². The first-order valence-electron chi connectivity index (χ1n) is 9.08. The number of hydrogen-bond donors (Lipinski definition) is 0. The van der Waals surface area contributed by atoms with Crippen LogP contribution in [-0.4, -0.2) is 55.2 Å². The first-order chi connectivity index (χ1) is 14.7. The van der Waals surface area contributed by atoms with Gasteiger partial charge in [0.15, 0.2) is 0 Å². The summed E-state index contributed by atoms with van der Waals surface area (Å²) in [6, 6.07) is 7.59. The van der Waals surface area contributed by atoms with E-state index in [4.69, 9.17) is 9.15 Å². The van der Waals surface area contributed by atoms with E-state index < -0.39 is 28.1 Å². The average molecular weight is 448 g/mol. The van der Waals surface area contributed by atoms with Crippen molar-refractivity contribution in [2.24, 2.45) is 0 Å². The summed E-state index contributed by atoms with van der Waals surface area (Å²) in [4.78, 5) is 17.5. The van der Waals surface area contributed by atoms with Crippen molar-refractivity contribution in [2.45, 2.75) is 13.0 Å². The number of pyridine rings is 1. The fourth-order valence-electron chi connectivity index (χ4n) is 3.00. The van der Waals surface area contributed by atoms with Crippen LogP contribution >= 0.6 is 0 Å². The Kier molecular flexibility index (Phi) is 5.41. The zero-order valence-corrected chi connectivity index (χ0v) is 17.3. The number of benzene rings is 1. The number of aryl methyl sites for hydroxylation is 1. The van der Waals surface area contributed by atoms with Crippen LogP contribution in [0.15, 0.2) is 40.9 Å². The maximum absolute atomic E-state index is 14.8. The van der Waals surface area contributed by atoms with Crippen molar-refractivity contribution in [3.05, 3.63) is 48.2 Å². The summed E-state index contributed by atoms with van der Waals surface area (Å²) in [6.45, 7) is 1.39. The molecule has 1 amide bonds. The van der Waals surface area contributed by atoms with E-state index in [-0.39, 0.29) is 30.3 Å². The Balaban J connectivity index is 1.50. The van der Waals surface area contributed by atoms with Gasteiger partial charge in [-0.15, -0.1) is 10.2 Å². The molecule has 3 aromatic rings. The molecular weight excluding hydrogens is 431 g/mol. The van der Waals surface area contributed by atoms with Gasteiger partial charge in [0.1, 0.15) is 24.2 Å². The summed E-state index contributed by atoms with van der Waals surface area (Å²) in [7, 11) is -3.66. The van der Waals surface area contributed by atoms with Crippen LogP contribution in [0.1, 0.15) is 5.89 Å². The van der Waals surface area contributed by atoms with Crippen molar-refractivity contribution in [3.8, 4) is 22.7 Å². The van der Waals surface area contributed by atoms with E-state index in [2.05, 4.69) is 19.4 Å². The number of carbonyl (C=O) groups is 1. The third-order valence-corrected chi connectivity index (χ3v) is 4.99. The summed E-state index contributed by atoms with van der Waals surface area (Å²) < 4.78 is 52.0. The number of rotatable bonds is 6. The van der Waals surface area contributed by atoms with Crippen LogP contribution in [0.3, 0.4) is 0 Å². The van der Waals surface area contributed by atoms with Gasteiger partial charge in [-0.05, 0) is 24.3 Å². The molecule has 1 aromatic carbocycles. The van der Waals surface area contributed by atoms with Crippen LogP contribution in [0.25, 0.3) is 22.7 Å². The van der Waals surface area contributed by atoms with E-state index in [1.54, 1.807) is 25.1 Å². The molecule has 12 heteroatoms. The molecule has 4 rings (SSSR count). The monoisotopic (exact) mass is 448 g/mol. The molecule has 2 aromatic heterocycles. The molecule has 0 bridgehead atoms. The number of nitrogens with zero attached hydrogens (tertiary/aromatic N) is 4. The van der Waals surface area contributed by atoms with E-state index >= 15 is 0 Å². The van der Waals surface area contributed by atoms with Crippen molar-refractivity contribution >= 4 is 21.9 Å². The number of anilines is 1. The molecule has 1 aliphatic heterocycles. The highest BCUT2D eigenvalue weighted by Crippen LogP contribution is 2.29. The van der Waals surface area contributed by atoms with Crippen LogP contribution in [0.4, 0.5) is 14.9 Å². The second-order valence-corrected chi connectivity index (χ2v) is 8.47. The Morgan fingerprint density at radius 1 is 1.26 bits per heavy atom. The highest BCUT2D eigenvalue weighted by Gasteiger charge is 2.33.